The molecule has 0 radical (unpaired) electrons. The third-order valence-corrected chi connectivity index (χ3v) is 26.2. The maximum Gasteiger partial charge on any atom is 0.262 e. The molecule has 0 aliphatic carbocycles. The van der Waals surface area contributed by atoms with E-state index in [4.69, 9.17) is 18.0 Å². The first-order chi connectivity index (χ1) is 21.6. The number of thioether (sulfide) groups is 1. The molecule has 11 heteroatoms. The zero-order chi connectivity index (χ0) is 33.4. The summed E-state index contributed by atoms with van der Waals surface area (Å²) >= 11 is 1.65. The molecule has 2 amide bonds. The van der Waals surface area contributed by atoms with Gasteiger partial charge in [0.05, 0.1) is 23.8 Å². The van der Waals surface area contributed by atoms with Crippen LogP contribution in [0, 0.1) is 0 Å². The van der Waals surface area contributed by atoms with E-state index in [2.05, 4.69) is 69.2 Å². The van der Waals surface area contributed by atoms with Crippen LogP contribution in [0.4, 0.5) is 0 Å². The summed E-state index contributed by atoms with van der Waals surface area (Å²) in [5.74, 6) is 0.261. The van der Waals surface area contributed by atoms with Crippen molar-refractivity contribution in [2.75, 3.05) is 12.4 Å². The van der Waals surface area contributed by atoms with Crippen LogP contribution in [0.3, 0.4) is 0 Å². The van der Waals surface area contributed by atoms with Crippen LogP contribution in [0.1, 0.15) is 90.0 Å². The lowest BCUT2D eigenvalue weighted by Gasteiger charge is -2.53. The number of imide groups is 1. The van der Waals surface area contributed by atoms with E-state index < -0.39 is 48.6 Å². The highest BCUT2D eigenvalue weighted by Crippen LogP contribution is 2.42. The smallest absolute Gasteiger partial charge is 0.262 e. The zero-order valence-electron chi connectivity index (χ0n) is 29.8. The van der Waals surface area contributed by atoms with E-state index in [0.717, 1.165) is 60.1 Å². The highest BCUT2D eigenvalue weighted by molar-refractivity contribution is 7.99. The van der Waals surface area contributed by atoms with Crippen molar-refractivity contribution in [1.29, 1.82) is 0 Å². The summed E-state index contributed by atoms with van der Waals surface area (Å²) < 4.78 is 29.0. The molecule has 45 heavy (non-hydrogen) atoms. The zero-order valence-corrected chi connectivity index (χ0v) is 33.6. The standard InChI is InChI=1S/C34H61NO6SSi3/c1-11-42-34-29(35-32(36)26-23-21-22-24-27(26)33(35)37)31(41-45(18-8,19-9)20-10)30(40-44(15-5,16-6)17-7)28(39-34)25-38-43(12-2,13-3)14-4/h21-24,28-31,34H,11-20,25H2,1-10H3/t28-,29-,30-,31-,34+/m1/s1. The summed E-state index contributed by atoms with van der Waals surface area (Å²) in [7, 11) is -6.36. The van der Waals surface area contributed by atoms with E-state index in [1.807, 2.05) is 12.1 Å². The Morgan fingerprint density at radius 3 is 1.49 bits per heavy atom. The van der Waals surface area contributed by atoms with E-state index >= 15 is 0 Å². The number of amides is 2. The molecule has 0 bridgehead atoms. The van der Waals surface area contributed by atoms with Crippen molar-refractivity contribution in [3.63, 3.8) is 0 Å². The second-order valence-electron chi connectivity index (χ2n) is 12.7. The van der Waals surface area contributed by atoms with E-state index in [1.165, 1.54) is 4.90 Å². The maximum absolute atomic E-state index is 14.1. The van der Waals surface area contributed by atoms with Gasteiger partial charge in [-0.2, -0.15) is 0 Å². The fourth-order valence-electron chi connectivity index (χ4n) is 7.25. The summed E-state index contributed by atoms with van der Waals surface area (Å²) in [4.78, 5) is 29.8. The summed E-state index contributed by atoms with van der Waals surface area (Å²) in [6.07, 6.45) is -1.29. The summed E-state index contributed by atoms with van der Waals surface area (Å²) in [5.41, 5.74) is 0.465. The van der Waals surface area contributed by atoms with Gasteiger partial charge >= 0.3 is 0 Å². The van der Waals surface area contributed by atoms with Crippen molar-refractivity contribution < 1.29 is 27.6 Å². The number of fused-ring (bicyclic) bond motifs is 1. The first-order valence-electron chi connectivity index (χ1n) is 17.8. The number of hydrogen-bond donors (Lipinski definition) is 0. The first kappa shape index (κ1) is 38.6. The molecular weight excluding hydrogens is 635 g/mol. The van der Waals surface area contributed by atoms with Crippen molar-refractivity contribution >= 4 is 48.5 Å². The molecule has 1 aromatic carbocycles. The molecular formula is C34H61NO6SSi3. The Morgan fingerprint density at radius 2 is 1.09 bits per heavy atom. The van der Waals surface area contributed by atoms with Gasteiger partial charge in [0, 0.05) is 0 Å². The Morgan fingerprint density at radius 1 is 0.667 bits per heavy atom. The van der Waals surface area contributed by atoms with Gasteiger partial charge in [-0.15, -0.1) is 11.8 Å². The van der Waals surface area contributed by atoms with Crippen molar-refractivity contribution in [2.45, 2.75) is 153 Å². The van der Waals surface area contributed by atoms with Gasteiger partial charge in [0.1, 0.15) is 23.7 Å². The third kappa shape index (κ3) is 7.92. The van der Waals surface area contributed by atoms with E-state index in [0.29, 0.717) is 17.7 Å². The number of carbonyl (C=O) groups is 2. The van der Waals surface area contributed by atoms with Gasteiger partial charge in [-0.05, 0) is 72.3 Å². The van der Waals surface area contributed by atoms with Gasteiger partial charge < -0.3 is 18.0 Å². The van der Waals surface area contributed by atoms with Gasteiger partial charge in [0.25, 0.3) is 11.8 Å². The lowest BCUT2D eigenvalue weighted by atomic mass is 9.97. The predicted molar refractivity (Wildman–Crippen MR) is 195 cm³/mol. The number of rotatable bonds is 19. The molecule has 2 aliphatic rings. The van der Waals surface area contributed by atoms with Crippen molar-refractivity contribution in [1.82, 2.24) is 4.90 Å². The highest BCUT2D eigenvalue weighted by Gasteiger charge is 2.57. The SMILES string of the molecule is CCS[C@@H]1O[C@H](CO[Si](CC)(CC)CC)[C@@H](O[Si](CC)(CC)CC)[C@H](O[Si](CC)(CC)CC)[C@H]1N1C(=O)c2ccccc2C1=O. The predicted octanol–water partition coefficient (Wildman–Crippen LogP) is 8.93. The molecule has 1 fully saturated rings. The number of benzene rings is 1. The summed E-state index contributed by atoms with van der Waals surface area (Å²) in [6, 6.07) is 15.6. The molecule has 2 aliphatic heterocycles. The average Bonchev–Trinajstić information content (AvgIpc) is 3.33. The van der Waals surface area contributed by atoms with Crippen LogP contribution in [-0.4, -0.2) is 83.8 Å². The fourth-order valence-corrected chi connectivity index (χ4v) is 16.6. The molecule has 1 saturated heterocycles. The van der Waals surface area contributed by atoms with Crippen LogP contribution in [0.5, 0.6) is 0 Å². The summed E-state index contributed by atoms with van der Waals surface area (Å²) in [6.45, 7) is 22.7. The van der Waals surface area contributed by atoms with Gasteiger partial charge in [0.15, 0.2) is 25.0 Å². The molecule has 0 unspecified atom stereocenters. The minimum atomic E-state index is -2.24. The van der Waals surface area contributed by atoms with E-state index in [9.17, 15) is 9.59 Å². The lowest BCUT2D eigenvalue weighted by Crippen LogP contribution is -2.69. The number of nitrogens with zero attached hydrogens (tertiary/aromatic N) is 1. The Balaban J connectivity index is 2.24. The maximum atomic E-state index is 14.1. The monoisotopic (exact) mass is 695 g/mol. The highest BCUT2D eigenvalue weighted by atomic mass is 32.2. The molecule has 0 N–H and O–H groups in total. The van der Waals surface area contributed by atoms with Gasteiger partial charge in [-0.25, -0.2) is 0 Å². The molecule has 1 aromatic rings. The molecule has 7 nitrogen and oxygen atoms in total. The summed E-state index contributed by atoms with van der Waals surface area (Å²) in [5, 5.41) is 0. The van der Waals surface area contributed by atoms with Crippen molar-refractivity contribution in [2.24, 2.45) is 0 Å². The molecule has 2 heterocycles. The number of hydrogen-bond acceptors (Lipinski definition) is 7. The topological polar surface area (TPSA) is 74.3 Å². The molecule has 256 valence electrons. The molecule has 0 saturated carbocycles. The van der Waals surface area contributed by atoms with Crippen LogP contribution in [0.2, 0.25) is 54.4 Å². The Labute approximate surface area is 281 Å². The van der Waals surface area contributed by atoms with Crippen LogP contribution in [-0.2, 0) is 18.0 Å². The second kappa shape index (κ2) is 17.0. The first-order valence-corrected chi connectivity index (χ1v) is 26.4. The van der Waals surface area contributed by atoms with Crippen molar-refractivity contribution in [3.8, 4) is 0 Å². The van der Waals surface area contributed by atoms with Gasteiger partial charge in [0.2, 0.25) is 0 Å². The molecule has 3 rings (SSSR count). The average molecular weight is 696 g/mol. The minimum absolute atomic E-state index is 0.260. The van der Waals surface area contributed by atoms with Crippen LogP contribution in [0.15, 0.2) is 24.3 Å². The minimum Gasteiger partial charge on any atom is -0.414 e. The van der Waals surface area contributed by atoms with Crippen LogP contribution < -0.4 is 0 Å². The Bertz CT molecular complexity index is 1050. The Hall–Kier alpha value is -0.799. The fraction of sp³-hybridized carbons (Fsp3) is 0.765. The Kier molecular flexibility index (Phi) is 14.6. The number of ether oxygens (including phenoxy) is 1. The molecule has 5 atom stereocenters. The van der Waals surface area contributed by atoms with Crippen molar-refractivity contribution in [3.05, 3.63) is 35.4 Å². The van der Waals surface area contributed by atoms with Gasteiger partial charge in [-0.3, -0.25) is 14.5 Å². The van der Waals surface area contributed by atoms with Crippen LogP contribution in [0.25, 0.3) is 0 Å². The van der Waals surface area contributed by atoms with E-state index in [-0.39, 0.29) is 17.9 Å². The van der Waals surface area contributed by atoms with Crippen LogP contribution >= 0.6 is 11.8 Å². The quantitative estimate of drug-likeness (QED) is 0.106. The molecule has 0 spiro atoms. The van der Waals surface area contributed by atoms with Gasteiger partial charge in [-0.1, -0.05) is 81.4 Å². The van der Waals surface area contributed by atoms with E-state index in [1.54, 1.807) is 23.9 Å². The molecule has 0 aromatic heterocycles. The lowest BCUT2D eigenvalue weighted by molar-refractivity contribution is -0.170. The third-order valence-electron chi connectivity index (χ3n) is 11.2. The number of carbonyl (C=O) groups excluding carboxylic acids is 2. The normalized spacial score (nSPS) is 24.4. The second-order valence-corrected chi connectivity index (χ2v) is 28.3. The largest absolute Gasteiger partial charge is 0.414 e.